The van der Waals surface area contributed by atoms with E-state index in [1.165, 1.54) is 11.3 Å². The van der Waals surface area contributed by atoms with E-state index < -0.39 is 0 Å². The van der Waals surface area contributed by atoms with Crippen molar-refractivity contribution in [2.75, 3.05) is 17.7 Å². The molecule has 0 atom stereocenters. The molecule has 3 aromatic rings. The smallest absolute Gasteiger partial charge is 0.268 e. The number of nitrogens with two attached hydrogens (primary N) is 1. The number of carbonyl (C=O) groups excluding carboxylic acids is 1. The first-order valence-electron chi connectivity index (χ1n) is 6.28. The Morgan fingerprint density at radius 3 is 2.55 bits per heavy atom. The molecule has 100 valence electrons. The average Bonchev–Trinajstić information content (AvgIpc) is 2.90. The second kappa shape index (κ2) is 4.98. The topological polar surface area (TPSA) is 46.3 Å². The van der Waals surface area contributed by atoms with E-state index in [0.29, 0.717) is 5.69 Å². The summed E-state index contributed by atoms with van der Waals surface area (Å²) in [5.74, 6) is -0.0379. The normalized spacial score (nSPS) is 10.7. The van der Waals surface area contributed by atoms with E-state index in [1.54, 1.807) is 18.0 Å². The van der Waals surface area contributed by atoms with Gasteiger partial charge in [-0.3, -0.25) is 4.79 Å². The molecule has 1 aromatic heterocycles. The summed E-state index contributed by atoms with van der Waals surface area (Å²) in [7, 11) is 1.75. The Labute approximate surface area is 121 Å². The number of nitrogen functional groups attached to an aromatic ring is 1. The van der Waals surface area contributed by atoms with Crippen LogP contribution in [0.5, 0.6) is 0 Å². The van der Waals surface area contributed by atoms with Crippen molar-refractivity contribution in [3.05, 3.63) is 59.5 Å². The first kappa shape index (κ1) is 12.7. The van der Waals surface area contributed by atoms with E-state index in [4.69, 9.17) is 5.73 Å². The summed E-state index contributed by atoms with van der Waals surface area (Å²) in [6, 6.07) is 17.3. The standard InChI is InChI=1S/C16H14N2OS/c1-18(13-8-4-3-7-12(13)17)16(19)15-10-11-6-2-5-9-14(11)20-15/h2-10H,17H2,1H3. The zero-order valence-corrected chi connectivity index (χ0v) is 11.9. The van der Waals surface area contributed by atoms with Crippen LogP contribution in [0.1, 0.15) is 9.67 Å². The summed E-state index contributed by atoms with van der Waals surface area (Å²) < 4.78 is 1.12. The first-order valence-corrected chi connectivity index (χ1v) is 7.09. The van der Waals surface area contributed by atoms with Crippen LogP contribution in [-0.4, -0.2) is 13.0 Å². The molecule has 0 spiro atoms. The Hall–Kier alpha value is -2.33. The quantitative estimate of drug-likeness (QED) is 0.727. The number of amides is 1. The highest BCUT2D eigenvalue weighted by Gasteiger charge is 2.17. The maximum atomic E-state index is 12.5. The van der Waals surface area contributed by atoms with Crippen molar-refractivity contribution in [2.24, 2.45) is 0 Å². The third-order valence-corrected chi connectivity index (χ3v) is 4.34. The molecule has 2 N–H and O–H groups in total. The molecule has 0 fully saturated rings. The fourth-order valence-electron chi connectivity index (χ4n) is 2.15. The minimum atomic E-state index is -0.0379. The minimum absolute atomic E-state index is 0.0379. The molecule has 4 heteroatoms. The molecule has 1 amide bonds. The van der Waals surface area contributed by atoms with Gasteiger partial charge in [0.05, 0.1) is 16.3 Å². The number of fused-ring (bicyclic) bond motifs is 1. The molecule has 0 aliphatic carbocycles. The zero-order valence-electron chi connectivity index (χ0n) is 11.0. The third-order valence-electron chi connectivity index (χ3n) is 3.24. The highest BCUT2D eigenvalue weighted by molar-refractivity contribution is 7.20. The van der Waals surface area contributed by atoms with Crippen molar-refractivity contribution < 1.29 is 4.79 Å². The number of nitrogens with zero attached hydrogens (tertiary/aromatic N) is 1. The average molecular weight is 282 g/mol. The second-order valence-electron chi connectivity index (χ2n) is 4.57. The molecular formula is C16H14N2OS. The van der Waals surface area contributed by atoms with Gasteiger partial charge >= 0.3 is 0 Å². The van der Waals surface area contributed by atoms with Crippen LogP contribution in [0.2, 0.25) is 0 Å². The van der Waals surface area contributed by atoms with Crippen molar-refractivity contribution in [1.82, 2.24) is 0 Å². The lowest BCUT2D eigenvalue weighted by Gasteiger charge is -2.18. The number of benzene rings is 2. The Morgan fingerprint density at radius 1 is 1.10 bits per heavy atom. The van der Waals surface area contributed by atoms with E-state index in [9.17, 15) is 4.79 Å². The summed E-state index contributed by atoms with van der Waals surface area (Å²) in [6.45, 7) is 0. The van der Waals surface area contributed by atoms with E-state index in [-0.39, 0.29) is 5.91 Å². The van der Waals surface area contributed by atoms with Crippen LogP contribution < -0.4 is 10.6 Å². The van der Waals surface area contributed by atoms with Gasteiger partial charge in [0, 0.05) is 11.7 Å². The molecule has 0 bridgehead atoms. The minimum Gasteiger partial charge on any atom is -0.397 e. The summed E-state index contributed by atoms with van der Waals surface area (Å²) in [4.78, 5) is 14.9. The predicted octanol–water partition coefficient (Wildman–Crippen LogP) is 3.76. The molecule has 1 heterocycles. The van der Waals surface area contributed by atoms with E-state index in [0.717, 1.165) is 20.7 Å². The van der Waals surface area contributed by atoms with Gasteiger partial charge in [-0.15, -0.1) is 11.3 Å². The number of carbonyl (C=O) groups is 1. The van der Waals surface area contributed by atoms with Crippen LogP contribution in [0, 0.1) is 0 Å². The molecule has 20 heavy (non-hydrogen) atoms. The number of hydrogen-bond acceptors (Lipinski definition) is 3. The van der Waals surface area contributed by atoms with Gasteiger partial charge in [0.1, 0.15) is 0 Å². The molecule has 0 aliphatic rings. The summed E-state index contributed by atoms with van der Waals surface area (Å²) >= 11 is 1.50. The van der Waals surface area contributed by atoms with Crippen molar-refractivity contribution in [2.45, 2.75) is 0 Å². The summed E-state index contributed by atoms with van der Waals surface area (Å²) in [5.41, 5.74) is 7.25. The van der Waals surface area contributed by atoms with Crippen LogP contribution in [0.3, 0.4) is 0 Å². The van der Waals surface area contributed by atoms with Gasteiger partial charge in [-0.2, -0.15) is 0 Å². The fraction of sp³-hybridized carbons (Fsp3) is 0.0625. The predicted molar refractivity (Wildman–Crippen MR) is 85.4 cm³/mol. The van der Waals surface area contributed by atoms with Crippen LogP contribution in [0.15, 0.2) is 54.6 Å². The van der Waals surface area contributed by atoms with Gasteiger partial charge in [-0.05, 0) is 29.7 Å². The van der Waals surface area contributed by atoms with Crippen molar-refractivity contribution in [1.29, 1.82) is 0 Å². The van der Waals surface area contributed by atoms with Crippen LogP contribution in [-0.2, 0) is 0 Å². The van der Waals surface area contributed by atoms with Crippen molar-refractivity contribution >= 4 is 38.7 Å². The largest absolute Gasteiger partial charge is 0.397 e. The highest BCUT2D eigenvalue weighted by Crippen LogP contribution is 2.29. The molecule has 0 saturated carbocycles. The first-order chi connectivity index (χ1) is 9.66. The van der Waals surface area contributed by atoms with Crippen molar-refractivity contribution in [3.63, 3.8) is 0 Å². The Balaban J connectivity index is 1.98. The summed E-state index contributed by atoms with van der Waals surface area (Å²) in [6.07, 6.45) is 0. The summed E-state index contributed by atoms with van der Waals surface area (Å²) in [5, 5.41) is 1.09. The zero-order chi connectivity index (χ0) is 14.1. The van der Waals surface area contributed by atoms with Gasteiger partial charge in [0.15, 0.2) is 0 Å². The van der Waals surface area contributed by atoms with Gasteiger partial charge in [-0.25, -0.2) is 0 Å². The number of para-hydroxylation sites is 2. The molecule has 0 radical (unpaired) electrons. The number of anilines is 2. The number of hydrogen-bond donors (Lipinski definition) is 1. The third kappa shape index (κ3) is 2.14. The Kier molecular flexibility index (Phi) is 3.16. The van der Waals surface area contributed by atoms with Gasteiger partial charge < -0.3 is 10.6 Å². The molecule has 0 aliphatic heterocycles. The maximum Gasteiger partial charge on any atom is 0.268 e. The molecule has 0 unspecified atom stereocenters. The Bertz CT molecular complexity index is 746. The number of rotatable bonds is 2. The maximum absolute atomic E-state index is 12.5. The molecule has 2 aromatic carbocycles. The molecule has 3 nitrogen and oxygen atoms in total. The van der Waals surface area contributed by atoms with E-state index >= 15 is 0 Å². The highest BCUT2D eigenvalue weighted by atomic mass is 32.1. The van der Waals surface area contributed by atoms with Crippen LogP contribution in [0.4, 0.5) is 11.4 Å². The van der Waals surface area contributed by atoms with Gasteiger partial charge in [-0.1, -0.05) is 30.3 Å². The van der Waals surface area contributed by atoms with Gasteiger partial charge in [0.25, 0.3) is 5.91 Å². The SMILES string of the molecule is CN(C(=O)c1cc2ccccc2s1)c1ccccc1N. The van der Waals surface area contributed by atoms with Crippen LogP contribution >= 0.6 is 11.3 Å². The molecular weight excluding hydrogens is 268 g/mol. The second-order valence-corrected chi connectivity index (χ2v) is 5.66. The molecule has 3 rings (SSSR count). The Morgan fingerprint density at radius 2 is 1.80 bits per heavy atom. The van der Waals surface area contributed by atoms with Crippen LogP contribution in [0.25, 0.3) is 10.1 Å². The number of thiophene rings is 1. The molecule has 0 saturated heterocycles. The van der Waals surface area contributed by atoms with E-state index in [1.807, 2.05) is 48.5 Å². The van der Waals surface area contributed by atoms with Crippen molar-refractivity contribution in [3.8, 4) is 0 Å². The van der Waals surface area contributed by atoms with Gasteiger partial charge in [0.2, 0.25) is 0 Å². The fourth-order valence-corrected chi connectivity index (χ4v) is 3.19. The lowest BCUT2D eigenvalue weighted by molar-refractivity contribution is 0.0997. The lowest BCUT2D eigenvalue weighted by atomic mass is 10.2. The monoisotopic (exact) mass is 282 g/mol. The lowest BCUT2D eigenvalue weighted by Crippen LogP contribution is -2.26. The van der Waals surface area contributed by atoms with E-state index in [2.05, 4.69) is 0 Å².